The lowest BCUT2D eigenvalue weighted by Gasteiger charge is -2.22. The second-order valence-electron chi connectivity index (χ2n) is 7.04. The summed E-state index contributed by atoms with van der Waals surface area (Å²) in [5.74, 6) is -0.639. The highest BCUT2D eigenvalue weighted by Crippen LogP contribution is 2.31. The first-order valence-electron chi connectivity index (χ1n) is 9.05. The van der Waals surface area contributed by atoms with Crippen molar-refractivity contribution in [1.29, 1.82) is 0 Å². The number of hydrogen-bond donors (Lipinski definition) is 0. The van der Waals surface area contributed by atoms with E-state index in [1.54, 1.807) is 11.2 Å². The number of para-hydroxylation sites is 1. The van der Waals surface area contributed by atoms with Gasteiger partial charge < -0.3 is 14.1 Å². The lowest BCUT2D eigenvalue weighted by Crippen LogP contribution is -2.38. The number of aryl methyl sites for hydroxylation is 1. The fourth-order valence-electron chi connectivity index (χ4n) is 3.69. The van der Waals surface area contributed by atoms with E-state index in [2.05, 4.69) is 0 Å². The van der Waals surface area contributed by atoms with Crippen molar-refractivity contribution in [1.82, 2.24) is 0 Å². The Morgan fingerprint density at radius 1 is 1.22 bits per heavy atom. The molecule has 1 aliphatic rings. The molecule has 0 bridgehead atoms. The molecule has 138 valence electrons. The Morgan fingerprint density at radius 2 is 2.04 bits per heavy atom. The minimum atomic E-state index is -0.438. The van der Waals surface area contributed by atoms with E-state index in [0.717, 1.165) is 39.8 Å². The van der Waals surface area contributed by atoms with Crippen LogP contribution < -0.4 is 4.90 Å². The van der Waals surface area contributed by atoms with Gasteiger partial charge in [-0.25, -0.2) is 0 Å². The maximum atomic E-state index is 12.6. The zero-order chi connectivity index (χ0) is 19.0. The number of furan rings is 1. The molecule has 1 aromatic heterocycles. The Balaban J connectivity index is 1.40. The molecule has 0 aliphatic carbocycles. The van der Waals surface area contributed by atoms with E-state index >= 15 is 0 Å². The summed E-state index contributed by atoms with van der Waals surface area (Å²) >= 11 is 0. The Bertz CT molecular complexity index is 1020. The summed E-state index contributed by atoms with van der Waals surface area (Å²) in [4.78, 5) is 26.6. The van der Waals surface area contributed by atoms with Crippen LogP contribution in [0.15, 0.2) is 53.1 Å². The van der Waals surface area contributed by atoms with E-state index in [-0.39, 0.29) is 25.0 Å². The summed E-state index contributed by atoms with van der Waals surface area (Å²) in [5.41, 5.74) is 4.65. The van der Waals surface area contributed by atoms with Crippen molar-refractivity contribution < 1.29 is 18.7 Å². The third-order valence-corrected chi connectivity index (χ3v) is 4.98. The van der Waals surface area contributed by atoms with E-state index in [4.69, 9.17) is 9.15 Å². The van der Waals surface area contributed by atoms with E-state index in [1.807, 2.05) is 56.3 Å². The molecule has 0 fully saturated rings. The van der Waals surface area contributed by atoms with Crippen molar-refractivity contribution in [2.24, 2.45) is 0 Å². The van der Waals surface area contributed by atoms with Crippen LogP contribution in [0.1, 0.15) is 23.6 Å². The van der Waals surface area contributed by atoms with Crippen molar-refractivity contribution in [2.45, 2.75) is 32.7 Å². The highest BCUT2D eigenvalue weighted by atomic mass is 16.5. The standard InChI is InChI=1S/C22H21NO4/c1-14-7-8-18-17(12-26-20(18)9-14)11-22(25)27-13-21(24)23-15(2)10-16-5-3-4-6-19(16)23/h3-9,12,15H,10-11,13H2,1-2H3/t15-/m0/s1. The van der Waals surface area contributed by atoms with Crippen LogP contribution in [0.3, 0.4) is 0 Å². The number of hydrogen-bond acceptors (Lipinski definition) is 4. The Hall–Kier alpha value is -3.08. The summed E-state index contributed by atoms with van der Waals surface area (Å²) < 4.78 is 10.8. The molecule has 4 rings (SSSR count). The first-order chi connectivity index (χ1) is 13.0. The minimum Gasteiger partial charge on any atom is -0.464 e. The normalized spacial score (nSPS) is 15.8. The number of carbonyl (C=O) groups excluding carboxylic acids is 2. The number of benzene rings is 2. The molecule has 1 aliphatic heterocycles. The molecule has 3 aromatic rings. The summed E-state index contributed by atoms with van der Waals surface area (Å²) in [7, 11) is 0. The number of carbonyl (C=O) groups is 2. The van der Waals surface area contributed by atoms with Gasteiger partial charge in [0.2, 0.25) is 0 Å². The average molecular weight is 363 g/mol. The van der Waals surface area contributed by atoms with Crippen LogP contribution in [-0.2, 0) is 27.2 Å². The second kappa shape index (κ2) is 6.91. The summed E-state index contributed by atoms with van der Waals surface area (Å²) in [5, 5.41) is 0.894. The summed E-state index contributed by atoms with van der Waals surface area (Å²) in [6.45, 7) is 3.73. The number of fused-ring (bicyclic) bond motifs is 2. The van der Waals surface area contributed by atoms with E-state index < -0.39 is 5.97 Å². The Kier molecular flexibility index (Phi) is 4.44. The van der Waals surface area contributed by atoms with Crippen LogP contribution in [0.5, 0.6) is 0 Å². The first kappa shape index (κ1) is 17.3. The molecular formula is C22H21NO4. The van der Waals surface area contributed by atoms with Gasteiger partial charge in [0.05, 0.1) is 12.7 Å². The minimum absolute atomic E-state index is 0.0645. The van der Waals surface area contributed by atoms with Crippen LogP contribution in [0.2, 0.25) is 0 Å². The molecule has 0 radical (unpaired) electrons. The fourth-order valence-corrected chi connectivity index (χ4v) is 3.69. The van der Waals surface area contributed by atoms with Gasteiger partial charge in [0.25, 0.3) is 5.91 Å². The van der Waals surface area contributed by atoms with Crippen LogP contribution in [-0.4, -0.2) is 24.5 Å². The maximum absolute atomic E-state index is 12.6. The molecule has 5 heteroatoms. The number of anilines is 1. The smallest absolute Gasteiger partial charge is 0.310 e. The number of rotatable bonds is 4. The van der Waals surface area contributed by atoms with E-state index in [0.29, 0.717) is 0 Å². The highest BCUT2D eigenvalue weighted by molar-refractivity contribution is 5.98. The third-order valence-electron chi connectivity index (χ3n) is 4.98. The van der Waals surface area contributed by atoms with Gasteiger partial charge in [0.1, 0.15) is 5.58 Å². The van der Waals surface area contributed by atoms with E-state index in [1.165, 1.54) is 0 Å². The van der Waals surface area contributed by atoms with Gasteiger partial charge in [0, 0.05) is 22.7 Å². The molecule has 27 heavy (non-hydrogen) atoms. The van der Waals surface area contributed by atoms with Crippen LogP contribution in [0, 0.1) is 6.92 Å². The van der Waals surface area contributed by atoms with Crippen LogP contribution in [0.25, 0.3) is 11.0 Å². The molecule has 0 spiro atoms. The van der Waals surface area contributed by atoms with Gasteiger partial charge >= 0.3 is 5.97 Å². The summed E-state index contributed by atoms with van der Waals surface area (Å²) in [6.07, 6.45) is 2.47. The van der Waals surface area contributed by atoms with Gasteiger partial charge in [0.15, 0.2) is 6.61 Å². The van der Waals surface area contributed by atoms with Crippen molar-refractivity contribution in [2.75, 3.05) is 11.5 Å². The largest absolute Gasteiger partial charge is 0.464 e. The molecule has 2 aromatic carbocycles. The van der Waals surface area contributed by atoms with Crippen molar-refractivity contribution in [3.63, 3.8) is 0 Å². The topological polar surface area (TPSA) is 59.8 Å². The first-order valence-corrected chi connectivity index (χ1v) is 9.05. The monoisotopic (exact) mass is 363 g/mol. The molecule has 1 amide bonds. The number of nitrogens with zero attached hydrogens (tertiary/aromatic N) is 1. The number of amides is 1. The number of ether oxygens (including phenoxy) is 1. The fraction of sp³-hybridized carbons (Fsp3) is 0.273. The summed E-state index contributed by atoms with van der Waals surface area (Å²) in [6, 6.07) is 13.7. The van der Waals surface area contributed by atoms with Gasteiger partial charge in [-0.2, -0.15) is 0 Å². The third kappa shape index (κ3) is 3.33. The van der Waals surface area contributed by atoms with Gasteiger partial charge in [-0.05, 0) is 43.5 Å². The van der Waals surface area contributed by atoms with Gasteiger partial charge in [-0.1, -0.05) is 30.3 Å². The molecule has 5 nitrogen and oxygen atoms in total. The lowest BCUT2D eigenvalue weighted by molar-refractivity contribution is -0.147. The van der Waals surface area contributed by atoms with Gasteiger partial charge in [-0.3, -0.25) is 9.59 Å². The van der Waals surface area contributed by atoms with Crippen molar-refractivity contribution in [3.8, 4) is 0 Å². The van der Waals surface area contributed by atoms with E-state index in [9.17, 15) is 9.59 Å². The quantitative estimate of drug-likeness (QED) is 0.662. The Labute approximate surface area is 157 Å². The predicted molar refractivity (Wildman–Crippen MR) is 103 cm³/mol. The zero-order valence-electron chi connectivity index (χ0n) is 15.4. The molecule has 2 heterocycles. The molecular weight excluding hydrogens is 342 g/mol. The Morgan fingerprint density at radius 3 is 2.89 bits per heavy atom. The molecule has 0 saturated heterocycles. The molecule has 0 N–H and O–H groups in total. The second-order valence-corrected chi connectivity index (χ2v) is 7.04. The van der Waals surface area contributed by atoms with Crippen molar-refractivity contribution in [3.05, 3.63) is 65.4 Å². The molecule has 0 saturated carbocycles. The predicted octanol–water partition coefficient (Wildman–Crippen LogP) is 3.80. The highest BCUT2D eigenvalue weighted by Gasteiger charge is 2.31. The van der Waals surface area contributed by atoms with Crippen LogP contribution in [0.4, 0.5) is 5.69 Å². The van der Waals surface area contributed by atoms with Crippen molar-refractivity contribution >= 4 is 28.5 Å². The van der Waals surface area contributed by atoms with Crippen LogP contribution >= 0.6 is 0 Å². The van der Waals surface area contributed by atoms with Gasteiger partial charge in [-0.15, -0.1) is 0 Å². The zero-order valence-corrected chi connectivity index (χ0v) is 15.4. The molecule has 0 unspecified atom stereocenters. The SMILES string of the molecule is Cc1ccc2c(CC(=O)OCC(=O)N3c4ccccc4C[C@@H]3C)coc2c1. The lowest BCUT2D eigenvalue weighted by atomic mass is 10.1. The number of esters is 1. The average Bonchev–Trinajstić information content (AvgIpc) is 3.19. The maximum Gasteiger partial charge on any atom is 0.310 e. The molecule has 1 atom stereocenters.